The van der Waals surface area contributed by atoms with Gasteiger partial charge in [0, 0.05) is 19.4 Å². The van der Waals surface area contributed by atoms with Gasteiger partial charge in [-0.05, 0) is 77.0 Å². The molecule has 0 aliphatic rings. The summed E-state index contributed by atoms with van der Waals surface area (Å²) in [6.07, 6.45) is 61.5. The van der Waals surface area contributed by atoms with Crippen LogP contribution in [0.2, 0.25) is 0 Å². The van der Waals surface area contributed by atoms with E-state index in [0.29, 0.717) is 19.4 Å². The van der Waals surface area contributed by atoms with Crippen LogP contribution in [-0.4, -0.2) is 37.9 Å². The molecule has 5 nitrogen and oxygen atoms in total. The highest BCUT2D eigenvalue weighted by atomic mass is 16.6. The lowest BCUT2D eigenvalue weighted by Crippen LogP contribution is -2.30. The lowest BCUT2D eigenvalue weighted by molar-refractivity contribution is -0.163. The second-order valence-corrected chi connectivity index (χ2v) is 17.8. The highest BCUT2D eigenvalue weighted by Gasteiger charge is 2.17. The van der Waals surface area contributed by atoms with Crippen molar-refractivity contribution in [1.29, 1.82) is 0 Å². The third kappa shape index (κ3) is 48.8. The van der Waals surface area contributed by atoms with Crippen LogP contribution < -0.4 is 0 Å². The highest BCUT2D eigenvalue weighted by molar-refractivity contribution is 5.70. The van der Waals surface area contributed by atoms with Gasteiger partial charge in [0.15, 0.2) is 6.10 Å². The number of hydrogen-bond acceptors (Lipinski definition) is 5. The Labute approximate surface area is 374 Å². The Morgan fingerprint density at radius 3 is 1.15 bits per heavy atom. The third-order valence-electron chi connectivity index (χ3n) is 11.6. The van der Waals surface area contributed by atoms with Crippen molar-refractivity contribution in [2.45, 2.75) is 284 Å². The molecule has 0 aliphatic carbocycles. The number of ether oxygens (including phenoxy) is 3. The monoisotopic (exact) mass is 843 g/mol. The van der Waals surface area contributed by atoms with E-state index in [0.717, 1.165) is 51.4 Å². The van der Waals surface area contributed by atoms with Gasteiger partial charge in [0.25, 0.3) is 0 Å². The number of allylic oxidation sites excluding steroid dienone is 6. The van der Waals surface area contributed by atoms with Crippen LogP contribution in [0.3, 0.4) is 0 Å². The van der Waals surface area contributed by atoms with E-state index in [1.165, 1.54) is 193 Å². The lowest BCUT2D eigenvalue weighted by atomic mass is 10.1. The third-order valence-corrected chi connectivity index (χ3v) is 11.6. The van der Waals surface area contributed by atoms with Crippen LogP contribution in [-0.2, 0) is 23.8 Å². The molecule has 0 rings (SSSR count). The Kier molecular flexibility index (Phi) is 49.9. The van der Waals surface area contributed by atoms with Crippen LogP contribution in [0.15, 0.2) is 36.5 Å². The average Bonchev–Trinajstić information content (AvgIpc) is 3.25. The van der Waals surface area contributed by atoms with Crippen LogP contribution in [0, 0.1) is 0 Å². The number of esters is 2. The van der Waals surface area contributed by atoms with Crippen molar-refractivity contribution in [2.75, 3.05) is 19.8 Å². The maximum absolute atomic E-state index is 12.7. The minimum Gasteiger partial charge on any atom is -0.462 e. The molecule has 0 aromatic heterocycles. The van der Waals surface area contributed by atoms with Crippen molar-refractivity contribution < 1.29 is 23.8 Å². The highest BCUT2D eigenvalue weighted by Crippen LogP contribution is 2.15. The summed E-state index contributed by atoms with van der Waals surface area (Å²) in [6, 6.07) is 0. The predicted octanol–water partition coefficient (Wildman–Crippen LogP) is 17.8. The zero-order chi connectivity index (χ0) is 43.5. The van der Waals surface area contributed by atoms with Crippen molar-refractivity contribution in [1.82, 2.24) is 0 Å². The molecule has 0 aliphatic heterocycles. The normalized spacial score (nSPS) is 12.4. The average molecular weight is 843 g/mol. The van der Waals surface area contributed by atoms with Crippen LogP contribution in [0.4, 0.5) is 0 Å². The fourth-order valence-electron chi connectivity index (χ4n) is 7.65. The van der Waals surface area contributed by atoms with Gasteiger partial charge in [-0.2, -0.15) is 0 Å². The first-order valence-electron chi connectivity index (χ1n) is 26.5. The minimum atomic E-state index is -0.535. The molecule has 0 amide bonds. The van der Waals surface area contributed by atoms with E-state index >= 15 is 0 Å². The number of unbranched alkanes of at least 4 members (excludes halogenated alkanes) is 32. The second kappa shape index (κ2) is 51.5. The molecule has 60 heavy (non-hydrogen) atoms. The van der Waals surface area contributed by atoms with Crippen molar-refractivity contribution >= 4 is 11.9 Å². The standard InChI is InChI=1S/C55H102O5/c1-4-7-10-13-16-19-21-23-25-27-29-31-33-35-38-41-44-47-50-58-51-53(60-55(57)49-46-43-40-36-18-15-12-9-6-3)52-59-54(56)48-45-42-39-37-34-32-30-28-26-24-22-20-17-14-11-8-5-2/h17,20,23-26,53H,4-16,18-19,21-22,27-52H2,1-3H3/b20-17-,25-23-,26-24-. The first-order valence-corrected chi connectivity index (χ1v) is 26.5. The number of hydrogen-bond donors (Lipinski definition) is 0. The molecule has 0 saturated heterocycles. The maximum Gasteiger partial charge on any atom is 0.306 e. The molecule has 0 saturated carbocycles. The molecule has 352 valence electrons. The molecule has 0 radical (unpaired) electrons. The van der Waals surface area contributed by atoms with Crippen molar-refractivity contribution in [3.05, 3.63) is 36.5 Å². The largest absolute Gasteiger partial charge is 0.462 e. The summed E-state index contributed by atoms with van der Waals surface area (Å²) in [5, 5.41) is 0. The fraction of sp³-hybridized carbons (Fsp3) is 0.855. The van der Waals surface area contributed by atoms with Gasteiger partial charge in [0.05, 0.1) is 6.61 Å². The van der Waals surface area contributed by atoms with E-state index < -0.39 is 6.10 Å². The fourth-order valence-corrected chi connectivity index (χ4v) is 7.65. The van der Waals surface area contributed by atoms with E-state index in [1.807, 2.05) is 0 Å². The summed E-state index contributed by atoms with van der Waals surface area (Å²) in [6.45, 7) is 7.81. The zero-order valence-corrected chi connectivity index (χ0v) is 40.5. The van der Waals surface area contributed by atoms with Gasteiger partial charge in [-0.3, -0.25) is 9.59 Å². The van der Waals surface area contributed by atoms with Crippen LogP contribution in [0.5, 0.6) is 0 Å². The molecular weight excluding hydrogens is 741 g/mol. The number of carbonyl (C=O) groups is 2. The molecular formula is C55H102O5. The predicted molar refractivity (Wildman–Crippen MR) is 261 cm³/mol. The van der Waals surface area contributed by atoms with E-state index in [2.05, 4.69) is 57.2 Å². The van der Waals surface area contributed by atoms with Crippen LogP contribution >= 0.6 is 0 Å². The van der Waals surface area contributed by atoms with E-state index in [1.54, 1.807) is 0 Å². The summed E-state index contributed by atoms with van der Waals surface area (Å²) in [4.78, 5) is 25.3. The van der Waals surface area contributed by atoms with E-state index in [4.69, 9.17) is 14.2 Å². The van der Waals surface area contributed by atoms with Gasteiger partial charge in [0.1, 0.15) is 6.61 Å². The molecule has 0 aromatic carbocycles. The zero-order valence-electron chi connectivity index (χ0n) is 40.5. The summed E-state index contributed by atoms with van der Waals surface area (Å²) in [5.41, 5.74) is 0. The van der Waals surface area contributed by atoms with Gasteiger partial charge in [-0.1, -0.05) is 224 Å². The maximum atomic E-state index is 12.7. The van der Waals surface area contributed by atoms with Gasteiger partial charge < -0.3 is 14.2 Å². The van der Waals surface area contributed by atoms with Crippen molar-refractivity contribution in [2.24, 2.45) is 0 Å². The number of carbonyl (C=O) groups excluding carboxylic acids is 2. The SMILES string of the molecule is CCCCC/C=C\C/C=C\CCCCCCCCCC(=O)OCC(COCCCCCCCCCC/C=C\CCCCCCCC)OC(=O)CCCCCCCCCCC. The lowest BCUT2D eigenvalue weighted by Gasteiger charge is -2.18. The van der Waals surface area contributed by atoms with Gasteiger partial charge in [-0.15, -0.1) is 0 Å². The summed E-state index contributed by atoms with van der Waals surface area (Å²) < 4.78 is 17.4. The van der Waals surface area contributed by atoms with Crippen molar-refractivity contribution in [3.63, 3.8) is 0 Å². The molecule has 5 heteroatoms. The Bertz CT molecular complexity index is 955. The van der Waals surface area contributed by atoms with Gasteiger partial charge in [-0.25, -0.2) is 0 Å². The summed E-state index contributed by atoms with van der Waals surface area (Å²) >= 11 is 0. The van der Waals surface area contributed by atoms with Crippen LogP contribution in [0.1, 0.15) is 278 Å². The molecule has 0 N–H and O–H groups in total. The van der Waals surface area contributed by atoms with E-state index in [-0.39, 0.29) is 25.2 Å². The Balaban J connectivity index is 4.16. The van der Waals surface area contributed by atoms with E-state index in [9.17, 15) is 9.59 Å². The molecule has 0 spiro atoms. The summed E-state index contributed by atoms with van der Waals surface area (Å²) in [7, 11) is 0. The molecule has 0 fully saturated rings. The topological polar surface area (TPSA) is 61.8 Å². The minimum absolute atomic E-state index is 0.0843. The second-order valence-electron chi connectivity index (χ2n) is 17.8. The van der Waals surface area contributed by atoms with Crippen molar-refractivity contribution in [3.8, 4) is 0 Å². The Morgan fingerprint density at radius 1 is 0.367 bits per heavy atom. The van der Waals surface area contributed by atoms with Gasteiger partial charge in [0.2, 0.25) is 0 Å². The first-order chi connectivity index (χ1) is 29.6. The Morgan fingerprint density at radius 2 is 0.700 bits per heavy atom. The molecule has 1 unspecified atom stereocenters. The number of rotatable bonds is 49. The molecule has 1 atom stereocenters. The molecule has 0 aromatic rings. The quantitative estimate of drug-likeness (QED) is 0.0347. The first kappa shape index (κ1) is 58.1. The molecule has 0 heterocycles. The van der Waals surface area contributed by atoms with Crippen LogP contribution in [0.25, 0.3) is 0 Å². The smallest absolute Gasteiger partial charge is 0.306 e. The Hall–Kier alpha value is -1.88. The van der Waals surface area contributed by atoms with Gasteiger partial charge >= 0.3 is 11.9 Å². The summed E-state index contributed by atoms with van der Waals surface area (Å²) in [5.74, 6) is -0.398. The molecule has 0 bridgehead atoms.